The zero-order valence-corrected chi connectivity index (χ0v) is 20.5. The van der Waals surface area contributed by atoms with Gasteiger partial charge in [0.25, 0.3) is 5.91 Å². The lowest BCUT2D eigenvalue weighted by Crippen LogP contribution is -2.27. The fourth-order valence-electron chi connectivity index (χ4n) is 3.54. The summed E-state index contributed by atoms with van der Waals surface area (Å²) in [6.45, 7) is 5.17. The van der Waals surface area contributed by atoms with Crippen LogP contribution in [0.5, 0.6) is 11.5 Å². The van der Waals surface area contributed by atoms with Gasteiger partial charge in [0.05, 0.1) is 23.8 Å². The number of hydrogen-bond donors (Lipinski definition) is 0. The van der Waals surface area contributed by atoms with Gasteiger partial charge in [0.2, 0.25) is 0 Å². The van der Waals surface area contributed by atoms with E-state index in [-0.39, 0.29) is 5.91 Å². The van der Waals surface area contributed by atoms with Crippen molar-refractivity contribution in [3.63, 3.8) is 0 Å². The van der Waals surface area contributed by atoms with Crippen LogP contribution < -0.4 is 14.4 Å². The van der Waals surface area contributed by atoms with Crippen molar-refractivity contribution in [1.29, 1.82) is 0 Å². The minimum absolute atomic E-state index is 0.268. The number of halogens is 1. The maximum atomic E-state index is 13.6. The number of nitrogens with zero attached hydrogens (tertiary/aromatic N) is 1. The third-order valence-electron chi connectivity index (χ3n) is 5.16. The monoisotopic (exact) mass is 493 g/mol. The van der Waals surface area contributed by atoms with Crippen molar-refractivity contribution in [2.75, 3.05) is 18.1 Å². The first-order valence-corrected chi connectivity index (χ1v) is 12.1. The van der Waals surface area contributed by atoms with Crippen LogP contribution in [0.4, 0.5) is 10.1 Å². The van der Waals surface area contributed by atoms with Crippen LogP contribution >= 0.6 is 24.0 Å². The molecule has 1 saturated heterocycles. The van der Waals surface area contributed by atoms with Gasteiger partial charge in [0.15, 0.2) is 4.32 Å². The summed E-state index contributed by atoms with van der Waals surface area (Å²) in [6.07, 6.45) is 2.51. The average Bonchev–Trinajstić information content (AvgIpc) is 3.07. The Hall–Kier alpha value is -3.16. The lowest BCUT2D eigenvalue weighted by atomic mass is 10.1. The van der Waals surface area contributed by atoms with E-state index in [0.29, 0.717) is 33.9 Å². The van der Waals surface area contributed by atoms with Gasteiger partial charge >= 0.3 is 0 Å². The summed E-state index contributed by atoms with van der Waals surface area (Å²) >= 11 is 6.56. The minimum Gasteiger partial charge on any atom is -0.493 e. The Labute approximate surface area is 208 Å². The Bertz CT molecular complexity index is 1260. The van der Waals surface area contributed by atoms with Crippen LogP contribution in [0.1, 0.15) is 23.1 Å². The second-order valence-corrected chi connectivity index (χ2v) is 9.56. The predicted molar refractivity (Wildman–Crippen MR) is 140 cm³/mol. The molecule has 1 aliphatic heterocycles. The Morgan fingerprint density at radius 2 is 1.79 bits per heavy atom. The number of rotatable bonds is 8. The molecule has 4 rings (SSSR count). The van der Waals surface area contributed by atoms with Crippen molar-refractivity contribution < 1.29 is 18.7 Å². The number of amides is 1. The first-order valence-electron chi connectivity index (χ1n) is 10.9. The van der Waals surface area contributed by atoms with E-state index in [1.807, 2.05) is 43.3 Å². The molecule has 1 heterocycles. The Morgan fingerprint density at radius 1 is 1.00 bits per heavy atom. The Kier molecular flexibility index (Phi) is 7.65. The fraction of sp³-hybridized carbons (Fsp3) is 0.185. The van der Waals surface area contributed by atoms with Crippen LogP contribution in [0.25, 0.3) is 6.08 Å². The Morgan fingerprint density at radius 3 is 2.59 bits per heavy atom. The number of anilines is 1. The van der Waals surface area contributed by atoms with Gasteiger partial charge in [0.1, 0.15) is 17.3 Å². The van der Waals surface area contributed by atoms with E-state index in [1.165, 1.54) is 34.4 Å². The second-order valence-electron chi connectivity index (χ2n) is 7.89. The van der Waals surface area contributed by atoms with E-state index in [9.17, 15) is 9.18 Å². The number of hydrogen-bond acceptors (Lipinski definition) is 5. The summed E-state index contributed by atoms with van der Waals surface area (Å²) in [6, 6.07) is 19.5. The molecule has 1 fully saturated rings. The topological polar surface area (TPSA) is 38.8 Å². The highest BCUT2D eigenvalue weighted by Gasteiger charge is 2.33. The molecule has 174 valence electrons. The predicted octanol–water partition coefficient (Wildman–Crippen LogP) is 6.70. The largest absolute Gasteiger partial charge is 0.493 e. The zero-order valence-electron chi connectivity index (χ0n) is 18.9. The minimum atomic E-state index is -0.417. The molecule has 0 saturated carbocycles. The van der Waals surface area contributed by atoms with Gasteiger partial charge in [-0.05, 0) is 67.4 Å². The molecule has 3 aromatic carbocycles. The lowest BCUT2D eigenvalue weighted by Gasteiger charge is -2.14. The summed E-state index contributed by atoms with van der Waals surface area (Å²) in [7, 11) is 0. The third kappa shape index (κ3) is 5.85. The highest BCUT2D eigenvalue weighted by atomic mass is 32.2. The van der Waals surface area contributed by atoms with Gasteiger partial charge < -0.3 is 9.47 Å². The second kappa shape index (κ2) is 10.8. The van der Waals surface area contributed by atoms with Gasteiger partial charge in [-0.2, -0.15) is 0 Å². The summed E-state index contributed by atoms with van der Waals surface area (Å²) < 4.78 is 25.7. The third-order valence-corrected chi connectivity index (χ3v) is 6.46. The average molecular weight is 494 g/mol. The summed E-state index contributed by atoms with van der Waals surface area (Å²) in [5.74, 6) is 0.916. The first-order chi connectivity index (χ1) is 16.4. The number of ether oxygens (including phenoxy) is 2. The summed E-state index contributed by atoms with van der Waals surface area (Å²) in [4.78, 5) is 14.7. The molecular formula is C27H24FNO3S2. The maximum absolute atomic E-state index is 13.6. The summed E-state index contributed by atoms with van der Waals surface area (Å²) in [5, 5.41) is 0. The van der Waals surface area contributed by atoms with E-state index in [1.54, 1.807) is 18.2 Å². The molecule has 34 heavy (non-hydrogen) atoms. The SMILES string of the molecule is Cc1ccc(OCCCOc2cccc(/C=C3\SC(=S)N(c4cccc(F)c4)C3=O)c2)c(C)c1. The molecule has 3 aromatic rings. The van der Waals surface area contributed by atoms with E-state index in [0.717, 1.165) is 23.3 Å². The van der Waals surface area contributed by atoms with E-state index in [4.69, 9.17) is 21.7 Å². The molecule has 0 aliphatic carbocycles. The molecular weight excluding hydrogens is 469 g/mol. The number of carbonyl (C=O) groups excluding carboxylic acids is 1. The van der Waals surface area contributed by atoms with Crippen LogP contribution in [0.2, 0.25) is 0 Å². The fourth-order valence-corrected chi connectivity index (χ4v) is 4.84. The number of thiocarbonyl (C=S) groups is 1. The van der Waals surface area contributed by atoms with Gasteiger partial charge in [-0.1, -0.05) is 59.9 Å². The van der Waals surface area contributed by atoms with Gasteiger partial charge in [0, 0.05) is 6.42 Å². The quantitative estimate of drug-likeness (QED) is 0.198. The van der Waals surface area contributed by atoms with Crippen molar-refractivity contribution in [3.05, 3.63) is 94.1 Å². The molecule has 4 nitrogen and oxygen atoms in total. The molecule has 0 spiro atoms. The standard InChI is InChI=1S/C27H24FNO3S2/c1-18-10-11-24(19(2)14-18)32-13-5-12-31-23-9-3-6-20(15-23)16-25-26(30)29(27(33)34-25)22-8-4-7-21(28)17-22/h3-4,6-11,14-17H,5,12-13H2,1-2H3/b25-16-. The molecule has 1 aliphatic rings. The lowest BCUT2D eigenvalue weighted by molar-refractivity contribution is -0.113. The van der Waals surface area contributed by atoms with Crippen LogP contribution in [0.15, 0.2) is 71.6 Å². The molecule has 0 N–H and O–H groups in total. The molecule has 0 unspecified atom stereocenters. The van der Waals surface area contributed by atoms with Crippen molar-refractivity contribution in [3.8, 4) is 11.5 Å². The highest BCUT2D eigenvalue weighted by molar-refractivity contribution is 8.27. The smallest absolute Gasteiger partial charge is 0.270 e. The van der Waals surface area contributed by atoms with Crippen molar-refractivity contribution in [2.45, 2.75) is 20.3 Å². The van der Waals surface area contributed by atoms with E-state index < -0.39 is 5.82 Å². The van der Waals surface area contributed by atoms with Crippen LogP contribution in [0.3, 0.4) is 0 Å². The number of carbonyl (C=O) groups is 1. The van der Waals surface area contributed by atoms with Crippen molar-refractivity contribution >= 4 is 46.0 Å². The van der Waals surface area contributed by atoms with Crippen LogP contribution in [-0.2, 0) is 4.79 Å². The molecule has 0 radical (unpaired) electrons. The molecule has 0 atom stereocenters. The molecule has 7 heteroatoms. The number of aryl methyl sites for hydroxylation is 2. The first kappa shape index (κ1) is 24.0. The summed E-state index contributed by atoms with van der Waals surface area (Å²) in [5.41, 5.74) is 3.58. The van der Waals surface area contributed by atoms with Gasteiger partial charge in [-0.15, -0.1) is 0 Å². The Balaban J connectivity index is 1.34. The van der Waals surface area contributed by atoms with Gasteiger partial charge in [-0.25, -0.2) is 4.39 Å². The molecule has 0 bridgehead atoms. The normalized spacial score (nSPS) is 14.7. The van der Waals surface area contributed by atoms with Crippen LogP contribution in [0, 0.1) is 19.7 Å². The van der Waals surface area contributed by atoms with E-state index in [2.05, 4.69) is 13.0 Å². The highest BCUT2D eigenvalue weighted by Crippen LogP contribution is 2.36. The molecule has 0 aromatic heterocycles. The van der Waals surface area contributed by atoms with E-state index >= 15 is 0 Å². The van der Waals surface area contributed by atoms with Crippen molar-refractivity contribution in [1.82, 2.24) is 0 Å². The number of thioether (sulfide) groups is 1. The zero-order chi connectivity index (χ0) is 24.1. The van der Waals surface area contributed by atoms with Crippen LogP contribution in [-0.4, -0.2) is 23.4 Å². The number of benzene rings is 3. The van der Waals surface area contributed by atoms with Crippen molar-refractivity contribution in [2.24, 2.45) is 0 Å². The maximum Gasteiger partial charge on any atom is 0.270 e. The molecule has 1 amide bonds. The van der Waals surface area contributed by atoms with Gasteiger partial charge in [-0.3, -0.25) is 9.69 Å².